The molecule has 19 heteroatoms. The number of carbonyl (C=O) groups is 4. The maximum Gasteiger partial charge on any atom is 0.472 e. The highest BCUT2D eigenvalue weighted by atomic mass is 31.2. The van der Waals surface area contributed by atoms with Crippen LogP contribution in [0.4, 0.5) is 0 Å². The minimum absolute atomic E-state index is 0.0835. The summed E-state index contributed by atoms with van der Waals surface area (Å²) < 4.78 is 68.1. The lowest BCUT2D eigenvalue weighted by atomic mass is 10.00. The van der Waals surface area contributed by atoms with Crippen molar-refractivity contribution in [2.24, 2.45) is 17.8 Å². The van der Waals surface area contributed by atoms with Crippen LogP contribution in [0.5, 0.6) is 0 Å². The van der Waals surface area contributed by atoms with E-state index in [-0.39, 0.29) is 25.7 Å². The van der Waals surface area contributed by atoms with E-state index in [2.05, 4.69) is 72.8 Å². The molecule has 0 rings (SSSR count). The fourth-order valence-electron chi connectivity index (χ4n) is 9.79. The predicted octanol–water partition coefficient (Wildman–Crippen LogP) is 19.0. The van der Waals surface area contributed by atoms with E-state index in [9.17, 15) is 43.2 Å². The number of ether oxygens (including phenoxy) is 4. The van der Waals surface area contributed by atoms with Crippen molar-refractivity contribution in [2.45, 2.75) is 336 Å². The molecule has 0 spiro atoms. The predicted molar refractivity (Wildman–Crippen MR) is 354 cm³/mol. The van der Waals surface area contributed by atoms with Crippen LogP contribution in [0.1, 0.15) is 318 Å². The number of phosphoric ester groups is 2. The molecule has 0 aliphatic carbocycles. The fraction of sp³-hybridized carbons (Fsp3) is 0.884. The molecule has 3 N–H and O–H groups in total. The Morgan fingerprint density at radius 1 is 0.375 bits per heavy atom. The van der Waals surface area contributed by atoms with Crippen LogP contribution in [-0.2, 0) is 65.4 Å². The molecule has 0 heterocycles. The van der Waals surface area contributed by atoms with Crippen molar-refractivity contribution >= 4 is 39.5 Å². The molecule has 17 nitrogen and oxygen atoms in total. The van der Waals surface area contributed by atoms with E-state index in [1.807, 2.05) is 0 Å². The van der Waals surface area contributed by atoms with Crippen molar-refractivity contribution in [1.29, 1.82) is 0 Å². The third-order valence-electron chi connectivity index (χ3n) is 15.6. The van der Waals surface area contributed by atoms with E-state index in [0.717, 1.165) is 121 Å². The summed E-state index contributed by atoms with van der Waals surface area (Å²) in [5.74, 6) is 0.000314. The third-order valence-corrected chi connectivity index (χ3v) is 17.5. The summed E-state index contributed by atoms with van der Waals surface area (Å²) in [5, 5.41) is 10.6. The van der Waals surface area contributed by atoms with Crippen molar-refractivity contribution in [3.05, 3.63) is 24.3 Å². The van der Waals surface area contributed by atoms with Crippen molar-refractivity contribution in [1.82, 2.24) is 0 Å². The van der Waals surface area contributed by atoms with Gasteiger partial charge in [-0.05, 0) is 69.1 Å². The van der Waals surface area contributed by atoms with E-state index in [0.29, 0.717) is 31.6 Å². The number of aliphatic hydroxyl groups excluding tert-OH is 1. The minimum Gasteiger partial charge on any atom is -0.462 e. The Balaban J connectivity index is 5.26. The average Bonchev–Trinajstić information content (AvgIpc) is 3.54. The SMILES string of the molecule is CCCCCC/C=C\C=C/CCCCCCCC(=O)O[C@H](COC(=O)CCCCCCCCC(C)CC)COP(=O)(O)OC[C@H](O)COP(=O)(O)OC[C@@H](COC(=O)CCCCCCCCCCCCCC(C)C)OC(=O)CCCCCCCCC(C)C. The number of rotatable bonds is 65. The van der Waals surface area contributed by atoms with Gasteiger partial charge in [-0.2, -0.15) is 0 Å². The molecule has 0 radical (unpaired) electrons. The second-order valence-corrected chi connectivity index (χ2v) is 28.3. The molecule has 0 aromatic heterocycles. The van der Waals surface area contributed by atoms with E-state index < -0.39 is 97.5 Å². The van der Waals surface area contributed by atoms with Gasteiger partial charge in [0.1, 0.15) is 19.3 Å². The molecular formula is C69H130O17P2. The van der Waals surface area contributed by atoms with Gasteiger partial charge in [-0.25, -0.2) is 9.13 Å². The summed E-state index contributed by atoms with van der Waals surface area (Å²) in [6.45, 7) is 11.6. The van der Waals surface area contributed by atoms with E-state index in [1.54, 1.807) is 0 Å². The highest BCUT2D eigenvalue weighted by Gasteiger charge is 2.30. The van der Waals surface area contributed by atoms with Crippen molar-refractivity contribution < 1.29 is 80.2 Å². The first-order valence-corrected chi connectivity index (χ1v) is 38.2. The molecule has 88 heavy (non-hydrogen) atoms. The van der Waals surface area contributed by atoms with Gasteiger partial charge in [-0.15, -0.1) is 0 Å². The Hall–Kier alpha value is -2.46. The second-order valence-electron chi connectivity index (χ2n) is 25.4. The first-order chi connectivity index (χ1) is 42.3. The van der Waals surface area contributed by atoms with Crippen LogP contribution in [0, 0.1) is 17.8 Å². The van der Waals surface area contributed by atoms with Crippen molar-refractivity contribution in [3.63, 3.8) is 0 Å². The normalized spacial score (nSPS) is 14.7. The Morgan fingerprint density at radius 2 is 0.670 bits per heavy atom. The molecule has 0 amide bonds. The maximum atomic E-state index is 13.0. The smallest absolute Gasteiger partial charge is 0.462 e. The Bertz CT molecular complexity index is 1830. The van der Waals surface area contributed by atoms with Gasteiger partial charge in [0.15, 0.2) is 12.2 Å². The lowest BCUT2D eigenvalue weighted by molar-refractivity contribution is -0.161. The molecule has 0 aromatic carbocycles. The molecule has 0 aromatic rings. The molecule has 6 atom stereocenters. The summed E-state index contributed by atoms with van der Waals surface area (Å²) in [5.41, 5.74) is 0. The number of aliphatic hydroxyl groups is 1. The molecule has 0 saturated carbocycles. The zero-order valence-corrected chi connectivity index (χ0v) is 58.5. The Kier molecular flexibility index (Phi) is 57.9. The minimum atomic E-state index is -4.96. The number of allylic oxidation sites excluding steroid dienone is 4. The summed E-state index contributed by atoms with van der Waals surface area (Å²) in [7, 11) is -9.91. The first-order valence-electron chi connectivity index (χ1n) is 35.2. The van der Waals surface area contributed by atoms with Crippen LogP contribution in [-0.4, -0.2) is 96.7 Å². The molecule has 0 bridgehead atoms. The van der Waals surface area contributed by atoms with Crippen LogP contribution in [0.3, 0.4) is 0 Å². The number of unbranched alkanes of at least 4 members (excludes halogenated alkanes) is 29. The highest BCUT2D eigenvalue weighted by molar-refractivity contribution is 7.47. The molecule has 0 aliphatic rings. The van der Waals surface area contributed by atoms with Crippen LogP contribution < -0.4 is 0 Å². The van der Waals surface area contributed by atoms with Gasteiger partial charge >= 0.3 is 39.5 Å². The topological polar surface area (TPSA) is 237 Å². The van der Waals surface area contributed by atoms with Gasteiger partial charge in [-0.1, -0.05) is 265 Å². The third kappa shape index (κ3) is 61.1. The first kappa shape index (κ1) is 85.5. The van der Waals surface area contributed by atoms with Crippen LogP contribution in [0.2, 0.25) is 0 Å². The number of esters is 4. The van der Waals surface area contributed by atoms with Gasteiger partial charge in [0.05, 0.1) is 26.4 Å². The van der Waals surface area contributed by atoms with Crippen LogP contribution in [0.15, 0.2) is 24.3 Å². The Morgan fingerprint density at radius 3 is 1.01 bits per heavy atom. The van der Waals surface area contributed by atoms with Gasteiger partial charge in [-0.3, -0.25) is 37.3 Å². The Labute approximate surface area is 535 Å². The summed E-state index contributed by atoms with van der Waals surface area (Å²) in [6.07, 6.45) is 45.5. The highest BCUT2D eigenvalue weighted by Crippen LogP contribution is 2.45. The van der Waals surface area contributed by atoms with Crippen molar-refractivity contribution in [2.75, 3.05) is 39.6 Å². The number of hydrogen-bond donors (Lipinski definition) is 3. The quantitative estimate of drug-likeness (QED) is 0.0169. The average molecular weight is 1290 g/mol. The number of hydrogen-bond acceptors (Lipinski definition) is 15. The standard InChI is InChI=1S/C69H130O17P2/c1-8-10-11-12-13-14-15-16-17-18-21-25-28-38-45-52-68(73)85-64(57-80-67(72)51-44-37-32-30-35-42-49-62(7)9-2)58-83-87(75,76)81-54-63(70)55-82-88(77,78)84-59-65(86-69(74)53-46-39-31-29-34-41-48-61(5)6)56-79-66(71)50-43-36-27-24-22-19-20-23-26-33-40-47-60(3)4/h14-17,60-65,70H,8-13,18-59H2,1-7H3,(H,75,76)(H,77,78)/b15-14-,17-16-/t62?,63-,64+,65+/m0/s1. The van der Waals surface area contributed by atoms with Crippen LogP contribution in [0.25, 0.3) is 0 Å². The van der Waals surface area contributed by atoms with Gasteiger partial charge in [0.2, 0.25) is 0 Å². The summed E-state index contributed by atoms with van der Waals surface area (Å²) in [6, 6.07) is 0. The van der Waals surface area contributed by atoms with Gasteiger partial charge in [0, 0.05) is 25.7 Å². The van der Waals surface area contributed by atoms with Gasteiger partial charge < -0.3 is 33.8 Å². The lowest BCUT2D eigenvalue weighted by Crippen LogP contribution is -2.30. The lowest BCUT2D eigenvalue weighted by Gasteiger charge is -2.21. The van der Waals surface area contributed by atoms with E-state index in [1.165, 1.54) is 109 Å². The summed E-state index contributed by atoms with van der Waals surface area (Å²) >= 11 is 0. The summed E-state index contributed by atoms with van der Waals surface area (Å²) in [4.78, 5) is 72.4. The molecule has 0 fully saturated rings. The second kappa shape index (κ2) is 59.5. The van der Waals surface area contributed by atoms with Crippen molar-refractivity contribution in [3.8, 4) is 0 Å². The molecule has 0 saturated heterocycles. The molecule has 0 aliphatic heterocycles. The molecular weight excluding hydrogens is 1160 g/mol. The molecule has 518 valence electrons. The molecule has 3 unspecified atom stereocenters. The number of carbonyl (C=O) groups excluding carboxylic acids is 4. The van der Waals surface area contributed by atoms with Gasteiger partial charge in [0.25, 0.3) is 0 Å². The zero-order valence-electron chi connectivity index (χ0n) is 56.7. The largest absolute Gasteiger partial charge is 0.472 e. The van der Waals surface area contributed by atoms with E-state index >= 15 is 0 Å². The fourth-order valence-corrected chi connectivity index (χ4v) is 11.4. The van der Waals surface area contributed by atoms with E-state index in [4.69, 9.17) is 37.0 Å². The monoisotopic (exact) mass is 1290 g/mol. The zero-order chi connectivity index (χ0) is 65.2. The van der Waals surface area contributed by atoms with Crippen LogP contribution >= 0.6 is 15.6 Å². The number of phosphoric acid groups is 2. The maximum absolute atomic E-state index is 13.0.